The number of hydrogen-bond acceptors (Lipinski definition) is 8. The molecule has 0 saturated carbocycles. The molecule has 0 atom stereocenters. The molecule has 0 N–H and O–H groups in total. The number of nitrogens with zero attached hydrogens (tertiary/aromatic N) is 6. The van der Waals surface area contributed by atoms with Crippen molar-refractivity contribution in [1.82, 2.24) is 29.9 Å². The Morgan fingerprint density at radius 1 is 0.939 bits per heavy atom. The molecule has 0 unspecified atom stereocenters. The maximum absolute atomic E-state index is 5.83. The van der Waals surface area contributed by atoms with E-state index in [0.29, 0.717) is 23.5 Å². The third-order valence-electron chi connectivity index (χ3n) is 5.82. The second kappa shape index (κ2) is 9.48. The number of hydrogen-bond donors (Lipinski definition) is 0. The summed E-state index contributed by atoms with van der Waals surface area (Å²) in [6.07, 6.45) is 3.28. The summed E-state index contributed by atoms with van der Waals surface area (Å²) >= 11 is 0. The lowest BCUT2D eigenvalue weighted by Gasteiger charge is -2.32. The van der Waals surface area contributed by atoms with Crippen molar-refractivity contribution in [3.63, 3.8) is 0 Å². The molecule has 2 aromatic carbocycles. The molecule has 8 nitrogen and oxygen atoms in total. The molecular formula is C25H26N6O2. The first-order valence-corrected chi connectivity index (χ1v) is 11.0. The van der Waals surface area contributed by atoms with Crippen LogP contribution in [-0.4, -0.2) is 63.1 Å². The fourth-order valence-electron chi connectivity index (χ4n) is 3.76. The van der Waals surface area contributed by atoms with Crippen LogP contribution < -0.4 is 4.74 Å². The van der Waals surface area contributed by atoms with Crippen LogP contribution >= 0.6 is 0 Å². The van der Waals surface area contributed by atoms with Gasteiger partial charge in [-0.1, -0.05) is 35.5 Å². The summed E-state index contributed by atoms with van der Waals surface area (Å²) in [4.78, 5) is 17.7. The van der Waals surface area contributed by atoms with E-state index in [9.17, 15) is 0 Å². The zero-order valence-electron chi connectivity index (χ0n) is 18.8. The lowest BCUT2D eigenvalue weighted by Crippen LogP contribution is -2.43. The van der Waals surface area contributed by atoms with Crippen molar-refractivity contribution >= 4 is 0 Å². The molecule has 33 heavy (non-hydrogen) atoms. The number of rotatable bonds is 6. The van der Waals surface area contributed by atoms with Crippen molar-refractivity contribution in [2.75, 3.05) is 33.2 Å². The zero-order valence-corrected chi connectivity index (χ0v) is 18.8. The molecule has 168 valence electrons. The molecule has 8 heteroatoms. The molecule has 0 aliphatic carbocycles. The second-order valence-electron chi connectivity index (χ2n) is 8.31. The van der Waals surface area contributed by atoms with E-state index in [1.807, 2.05) is 25.1 Å². The Labute approximate surface area is 192 Å². The normalized spacial score (nSPS) is 15.0. The zero-order chi connectivity index (χ0) is 22.6. The Bertz CT molecular complexity index is 1200. The van der Waals surface area contributed by atoms with Crippen LogP contribution in [0.2, 0.25) is 0 Å². The largest absolute Gasteiger partial charge is 0.424 e. The number of aryl methyl sites for hydroxylation is 1. The van der Waals surface area contributed by atoms with Crippen molar-refractivity contribution in [3.05, 3.63) is 72.1 Å². The van der Waals surface area contributed by atoms with Gasteiger partial charge in [0.2, 0.25) is 5.82 Å². The molecule has 3 heterocycles. The van der Waals surface area contributed by atoms with Crippen LogP contribution in [0.3, 0.4) is 0 Å². The van der Waals surface area contributed by atoms with Gasteiger partial charge >= 0.3 is 6.01 Å². The van der Waals surface area contributed by atoms with Gasteiger partial charge in [-0.3, -0.25) is 4.90 Å². The molecule has 0 amide bonds. The number of benzene rings is 2. The van der Waals surface area contributed by atoms with Crippen LogP contribution in [0, 0.1) is 6.92 Å². The van der Waals surface area contributed by atoms with Gasteiger partial charge in [0.25, 0.3) is 5.89 Å². The average Bonchev–Trinajstić information content (AvgIpc) is 3.33. The SMILES string of the molecule is Cc1ccc(-c2nc(-c3ccc(CN4CCN(C)CC4)cc3)no2)cc1Oc1ncccn1. The van der Waals surface area contributed by atoms with E-state index in [-0.39, 0.29) is 0 Å². The van der Waals surface area contributed by atoms with Gasteiger partial charge in [0, 0.05) is 56.2 Å². The average molecular weight is 443 g/mol. The van der Waals surface area contributed by atoms with Crippen LogP contribution in [0.1, 0.15) is 11.1 Å². The van der Waals surface area contributed by atoms with Crippen LogP contribution in [0.25, 0.3) is 22.8 Å². The topological polar surface area (TPSA) is 80.4 Å². The highest BCUT2D eigenvalue weighted by Crippen LogP contribution is 2.29. The smallest absolute Gasteiger partial charge is 0.321 e. The number of aromatic nitrogens is 4. The van der Waals surface area contributed by atoms with Crippen LogP contribution in [0.15, 0.2) is 65.4 Å². The maximum atomic E-state index is 5.83. The Morgan fingerprint density at radius 3 is 2.42 bits per heavy atom. The van der Waals surface area contributed by atoms with Crippen molar-refractivity contribution in [1.29, 1.82) is 0 Å². The highest BCUT2D eigenvalue weighted by atomic mass is 16.5. The summed E-state index contributed by atoms with van der Waals surface area (Å²) in [6, 6.07) is 16.2. The molecule has 0 spiro atoms. The fourth-order valence-corrected chi connectivity index (χ4v) is 3.76. The first kappa shape index (κ1) is 21.2. The molecule has 4 aromatic rings. The van der Waals surface area contributed by atoms with Gasteiger partial charge in [0.15, 0.2) is 0 Å². The molecule has 0 bridgehead atoms. The van der Waals surface area contributed by atoms with Gasteiger partial charge in [0.1, 0.15) is 5.75 Å². The van der Waals surface area contributed by atoms with Crippen molar-refractivity contribution < 1.29 is 9.26 Å². The number of piperazine rings is 1. The Balaban J connectivity index is 1.29. The summed E-state index contributed by atoms with van der Waals surface area (Å²) in [5.74, 6) is 1.64. The van der Waals surface area contributed by atoms with E-state index in [4.69, 9.17) is 9.26 Å². The quantitative estimate of drug-likeness (QED) is 0.443. The fraction of sp³-hybridized carbons (Fsp3) is 0.280. The molecular weight excluding hydrogens is 416 g/mol. The third kappa shape index (κ3) is 5.08. The van der Waals surface area contributed by atoms with E-state index in [0.717, 1.165) is 49.4 Å². The third-order valence-corrected chi connectivity index (χ3v) is 5.82. The minimum atomic E-state index is 0.292. The molecule has 1 aliphatic heterocycles. The lowest BCUT2D eigenvalue weighted by molar-refractivity contribution is 0.148. The Kier molecular flexibility index (Phi) is 6.10. The van der Waals surface area contributed by atoms with Crippen molar-refractivity contribution in [3.8, 4) is 34.6 Å². The summed E-state index contributed by atoms with van der Waals surface area (Å²) < 4.78 is 11.4. The van der Waals surface area contributed by atoms with Crippen LogP contribution in [-0.2, 0) is 6.54 Å². The summed E-state index contributed by atoms with van der Waals surface area (Å²) in [6.45, 7) is 7.37. The van der Waals surface area contributed by atoms with E-state index < -0.39 is 0 Å². The van der Waals surface area contributed by atoms with Gasteiger partial charge in [0.05, 0.1) is 0 Å². The van der Waals surface area contributed by atoms with Gasteiger partial charge in [-0.2, -0.15) is 4.98 Å². The molecule has 2 aromatic heterocycles. The minimum absolute atomic E-state index is 0.292. The summed E-state index contributed by atoms with van der Waals surface area (Å²) in [7, 11) is 2.17. The van der Waals surface area contributed by atoms with Gasteiger partial charge < -0.3 is 14.2 Å². The second-order valence-corrected chi connectivity index (χ2v) is 8.31. The highest BCUT2D eigenvalue weighted by Gasteiger charge is 2.15. The molecule has 1 aliphatic rings. The standard InChI is InChI=1S/C25H26N6O2/c1-18-4-7-21(16-22(18)32-25-26-10-3-11-27-25)24-28-23(29-33-24)20-8-5-19(6-9-20)17-31-14-12-30(2)13-15-31/h3-11,16H,12-15,17H2,1-2H3. The van der Waals surface area contributed by atoms with E-state index in [1.165, 1.54) is 5.56 Å². The van der Waals surface area contributed by atoms with Gasteiger partial charge in [-0.25, -0.2) is 9.97 Å². The summed E-state index contributed by atoms with van der Waals surface area (Å²) in [5.41, 5.74) is 3.95. The van der Waals surface area contributed by atoms with E-state index in [2.05, 4.69) is 61.2 Å². The first-order valence-electron chi connectivity index (χ1n) is 11.0. The van der Waals surface area contributed by atoms with Gasteiger partial charge in [-0.05, 0) is 43.3 Å². The van der Waals surface area contributed by atoms with E-state index >= 15 is 0 Å². The van der Waals surface area contributed by atoms with Gasteiger partial charge in [-0.15, -0.1) is 0 Å². The van der Waals surface area contributed by atoms with Crippen LogP contribution in [0.5, 0.6) is 11.8 Å². The van der Waals surface area contributed by atoms with Crippen LogP contribution in [0.4, 0.5) is 0 Å². The highest BCUT2D eigenvalue weighted by molar-refractivity contribution is 5.62. The Morgan fingerprint density at radius 2 is 1.67 bits per heavy atom. The Hall–Kier alpha value is -3.62. The van der Waals surface area contributed by atoms with E-state index in [1.54, 1.807) is 18.5 Å². The van der Waals surface area contributed by atoms with Crippen molar-refractivity contribution in [2.45, 2.75) is 13.5 Å². The van der Waals surface area contributed by atoms with Crippen molar-refractivity contribution in [2.24, 2.45) is 0 Å². The molecule has 0 radical (unpaired) electrons. The predicted octanol–water partition coefficient (Wildman–Crippen LogP) is 4.04. The molecule has 1 saturated heterocycles. The first-order chi connectivity index (χ1) is 16.1. The monoisotopic (exact) mass is 442 g/mol. The summed E-state index contributed by atoms with van der Waals surface area (Å²) in [5, 5.41) is 4.19. The molecule has 5 rings (SSSR count). The number of ether oxygens (including phenoxy) is 1. The predicted molar refractivity (Wildman–Crippen MR) is 125 cm³/mol. The lowest BCUT2D eigenvalue weighted by atomic mass is 10.1. The minimum Gasteiger partial charge on any atom is -0.424 e. The molecule has 1 fully saturated rings. The maximum Gasteiger partial charge on any atom is 0.321 e. The number of likely N-dealkylation sites (N-methyl/N-ethyl adjacent to an activating group) is 1.